The number of nitro groups is 1. The van der Waals surface area contributed by atoms with Gasteiger partial charge in [0.2, 0.25) is 10.0 Å². The van der Waals surface area contributed by atoms with Gasteiger partial charge in [0.25, 0.3) is 5.69 Å². The van der Waals surface area contributed by atoms with E-state index in [9.17, 15) is 18.5 Å². The van der Waals surface area contributed by atoms with E-state index in [1.165, 1.54) is 24.3 Å². The maximum atomic E-state index is 12.3. The van der Waals surface area contributed by atoms with Crippen molar-refractivity contribution in [3.05, 3.63) is 64.2 Å². The first-order chi connectivity index (χ1) is 11.8. The van der Waals surface area contributed by atoms with E-state index < -0.39 is 20.6 Å². The second kappa shape index (κ2) is 8.09. The molecule has 8 heteroatoms. The van der Waals surface area contributed by atoms with Crippen LogP contribution < -0.4 is 9.62 Å². The SMILES string of the molecule is CN(C)c1ccc(CCCNS(=O)(=O)c2ccccc2[N+](=O)[O-])cc1. The van der Waals surface area contributed by atoms with Gasteiger partial charge in [-0.15, -0.1) is 0 Å². The molecule has 0 aromatic heterocycles. The average Bonchev–Trinajstić information content (AvgIpc) is 2.59. The van der Waals surface area contributed by atoms with Gasteiger partial charge in [-0.2, -0.15) is 0 Å². The molecule has 0 atom stereocenters. The van der Waals surface area contributed by atoms with Crippen molar-refractivity contribution >= 4 is 21.4 Å². The first-order valence-corrected chi connectivity index (χ1v) is 9.29. The lowest BCUT2D eigenvalue weighted by molar-refractivity contribution is -0.387. The molecule has 0 unspecified atom stereocenters. The number of nitrogens with zero attached hydrogens (tertiary/aromatic N) is 2. The first-order valence-electron chi connectivity index (χ1n) is 7.80. The molecule has 2 rings (SSSR count). The largest absolute Gasteiger partial charge is 0.378 e. The summed E-state index contributed by atoms with van der Waals surface area (Å²) in [5.74, 6) is 0. The third-order valence-corrected chi connectivity index (χ3v) is 5.25. The molecule has 0 fully saturated rings. The van der Waals surface area contributed by atoms with E-state index in [1.54, 1.807) is 0 Å². The van der Waals surface area contributed by atoms with Crippen LogP contribution >= 0.6 is 0 Å². The lowest BCUT2D eigenvalue weighted by Crippen LogP contribution is -2.25. The molecule has 0 spiro atoms. The molecule has 1 N–H and O–H groups in total. The normalized spacial score (nSPS) is 11.3. The van der Waals surface area contributed by atoms with Crippen molar-refractivity contribution in [2.75, 3.05) is 25.5 Å². The van der Waals surface area contributed by atoms with E-state index in [-0.39, 0.29) is 11.4 Å². The molecule has 0 saturated heterocycles. The average molecular weight is 363 g/mol. The van der Waals surface area contributed by atoms with Crippen LogP contribution in [0.15, 0.2) is 53.4 Å². The Morgan fingerprint density at radius 2 is 1.72 bits per heavy atom. The summed E-state index contributed by atoms with van der Waals surface area (Å²) in [6.07, 6.45) is 1.31. The van der Waals surface area contributed by atoms with Gasteiger partial charge in [0, 0.05) is 32.4 Å². The molecule has 7 nitrogen and oxygen atoms in total. The van der Waals surface area contributed by atoms with Crippen LogP contribution in [0.1, 0.15) is 12.0 Å². The smallest absolute Gasteiger partial charge is 0.289 e. The fraction of sp³-hybridized carbons (Fsp3) is 0.294. The van der Waals surface area contributed by atoms with E-state index in [0.29, 0.717) is 12.8 Å². The third-order valence-electron chi connectivity index (χ3n) is 3.74. The molecular formula is C17H21N3O4S. The number of benzene rings is 2. The molecule has 0 radical (unpaired) electrons. The molecule has 0 saturated carbocycles. The van der Waals surface area contributed by atoms with Crippen LogP contribution in [-0.2, 0) is 16.4 Å². The number of nitrogens with one attached hydrogen (secondary N) is 1. The molecule has 2 aromatic carbocycles. The zero-order chi connectivity index (χ0) is 18.4. The van der Waals surface area contributed by atoms with Crippen molar-refractivity contribution < 1.29 is 13.3 Å². The van der Waals surface area contributed by atoms with Gasteiger partial charge in [0.15, 0.2) is 4.90 Å². The number of aryl methyl sites for hydroxylation is 1. The van der Waals surface area contributed by atoms with E-state index in [1.807, 2.05) is 43.3 Å². The van der Waals surface area contributed by atoms with Crippen LogP contribution in [0.5, 0.6) is 0 Å². The Bertz CT molecular complexity index is 833. The minimum atomic E-state index is -3.91. The molecular weight excluding hydrogens is 342 g/mol. The number of para-hydroxylation sites is 1. The zero-order valence-electron chi connectivity index (χ0n) is 14.2. The van der Waals surface area contributed by atoms with Gasteiger partial charge in [-0.3, -0.25) is 10.1 Å². The number of sulfonamides is 1. The Morgan fingerprint density at radius 1 is 1.08 bits per heavy atom. The van der Waals surface area contributed by atoms with Crippen molar-refractivity contribution in [2.24, 2.45) is 0 Å². The summed E-state index contributed by atoms with van der Waals surface area (Å²) in [6.45, 7) is 0.212. The fourth-order valence-electron chi connectivity index (χ4n) is 2.37. The zero-order valence-corrected chi connectivity index (χ0v) is 15.0. The Morgan fingerprint density at radius 3 is 2.32 bits per heavy atom. The van der Waals surface area contributed by atoms with Gasteiger partial charge in [-0.25, -0.2) is 13.1 Å². The maximum Gasteiger partial charge on any atom is 0.289 e. The van der Waals surface area contributed by atoms with E-state index in [2.05, 4.69) is 4.72 Å². The van der Waals surface area contributed by atoms with Gasteiger partial charge >= 0.3 is 0 Å². The highest BCUT2D eigenvalue weighted by Gasteiger charge is 2.24. The summed E-state index contributed by atoms with van der Waals surface area (Å²) in [7, 11) is 0.0230. The first kappa shape index (κ1) is 18.9. The van der Waals surface area contributed by atoms with Gasteiger partial charge in [0.05, 0.1) is 4.92 Å². The summed E-state index contributed by atoms with van der Waals surface area (Å²) in [5, 5.41) is 11.0. The van der Waals surface area contributed by atoms with Gasteiger partial charge in [-0.1, -0.05) is 24.3 Å². The molecule has 134 valence electrons. The van der Waals surface area contributed by atoms with Crippen LogP contribution in [-0.4, -0.2) is 34.0 Å². The topological polar surface area (TPSA) is 92.6 Å². The molecule has 0 aliphatic heterocycles. The summed E-state index contributed by atoms with van der Waals surface area (Å²) < 4.78 is 27.0. The van der Waals surface area contributed by atoms with Crippen molar-refractivity contribution in [1.82, 2.24) is 4.72 Å². The lowest BCUT2D eigenvalue weighted by Gasteiger charge is -2.12. The lowest BCUT2D eigenvalue weighted by atomic mass is 10.1. The molecule has 0 heterocycles. The van der Waals surface area contributed by atoms with Crippen molar-refractivity contribution in [3.63, 3.8) is 0 Å². The quantitative estimate of drug-likeness (QED) is 0.442. The molecule has 2 aromatic rings. The summed E-state index contributed by atoms with van der Waals surface area (Å²) in [4.78, 5) is 12.0. The highest BCUT2D eigenvalue weighted by atomic mass is 32.2. The van der Waals surface area contributed by atoms with E-state index in [0.717, 1.165) is 11.3 Å². The highest BCUT2D eigenvalue weighted by molar-refractivity contribution is 7.89. The highest BCUT2D eigenvalue weighted by Crippen LogP contribution is 2.22. The van der Waals surface area contributed by atoms with Gasteiger partial charge in [-0.05, 0) is 36.6 Å². The number of anilines is 1. The van der Waals surface area contributed by atoms with Crippen molar-refractivity contribution in [1.29, 1.82) is 0 Å². The Kier molecular flexibility index (Phi) is 6.11. The predicted octanol–water partition coefficient (Wildman–Crippen LogP) is 2.57. The maximum absolute atomic E-state index is 12.3. The standard InChI is InChI=1S/C17H21N3O4S/c1-19(2)15-11-9-14(10-12-15)6-5-13-18-25(23,24)17-8-4-3-7-16(17)20(21)22/h3-4,7-12,18H,5-6,13H2,1-2H3. The van der Waals surface area contributed by atoms with Crippen LogP contribution in [0.4, 0.5) is 11.4 Å². The molecule has 0 amide bonds. The van der Waals surface area contributed by atoms with Crippen LogP contribution in [0, 0.1) is 10.1 Å². The van der Waals surface area contributed by atoms with Crippen molar-refractivity contribution in [2.45, 2.75) is 17.7 Å². The Balaban J connectivity index is 1.94. The van der Waals surface area contributed by atoms with E-state index >= 15 is 0 Å². The second-order valence-electron chi connectivity index (χ2n) is 5.79. The number of nitro benzene ring substituents is 1. The number of hydrogen-bond donors (Lipinski definition) is 1. The monoisotopic (exact) mass is 363 g/mol. The molecule has 0 aliphatic carbocycles. The minimum absolute atomic E-state index is 0.212. The number of hydrogen-bond acceptors (Lipinski definition) is 5. The summed E-state index contributed by atoms with van der Waals surface area (Å²) >= 11 is 0. The Labute approximate surface area is 147 Å². The van der Waals surface area contributed by atoms with Gasteiger partial charge < -0.3 is 4.90 Å². The third kappa shape index (κ3) is 5.01. The fourth-order valence-corrected chi connectivity index (χ4v) is 3.62. The van der Waals surface area contributed by atoms with Crippen LogP contribution in [0.3, 0.4) is 0 Å². The summed E-state index contributed by atoms with van der Waals surface area (Å²) in [5.41, 5.74) is 1.78. The summed E-state index contributed by atoms with van der Waals surface area (Å²) in [6, 6.07) is 13.3. The van der Waals surface area contributed by atoms with Crippen molar-refractivity contribution in [3.8, 4) is 0 Å². The van der Waals surface area contributed by atoms with Crippen LogP contribution in [0.25, 0.3) is 0 Å². The second-order valence-corrected chi connectivity index (χ2v) is 7.52. The van der Waals surface area contributed by atoms with Gasteiger partial charge in [0.1, 0.15) is 0 Å². The predicted molar refractivity (Wildman–Crippen MR) is 97.4 cm³/mol. The molecule has 25 heavy (non-hydrogen) atoms. The number of rotatable bonds is 8. The van der Waals surface area contributed by atoms with Crippen LogP contribution in [0.2, 0.25) is 0 Å². The molecule has 0 bridgehead atoms. The van der Waals surface area contributed by atoms with E-state index in [4.69, 9.17) is 0 Å². The Hall–Kier alpha value is -2.45. The molecule has 0 aliphatic rings. The minimum Gasteiger partial charge on any atom is -0.378 e.